The molecule has 0 unspecified atom stereocenters. The molecular weight excluding hydrogens is 474 g/mol. The molecule has 8 heteroatoms. The second-order valence-corrected chi connectivity index (χ2v) is 9.44. The van der Waals surface area contributed by atoms with E-state index in [9.17, 15) is 9.90 Å². The van der Waals surface area contributed by atoms with Gasteiger partial charge in [-0.25, -0.2) is 4.98 Å². The molecule has 0 amide bonds. The Hall–Kier alpha value is -3.13. The Labute approximate surface area is 205 Å². The van der Waals surface area contributed by atoms with Crippen LogP contribution in [-0.4, -0.2) is 29.4 Å². The average Bonchev–Trinajstić information content (AvgIpc) is 3.33. The minimum Gasteiger partial charge on any atom is -0.513 e. The molecule has 2 aromatic carbocycles. The fraction of sp³-hybridized carbons (Fsp3) is 0.231. The van der Waals surface area contributed by atoms with Crippen LogP contribution in [-0.2, 0) is 4.74 Å². The van der Waals surface area contributed by atoms with Crippen molar-refractivity contribution < 1.29 is 19.0 Å². The molecule has 0 aliphatic heterocycles. The van der Waals surface area contributed by atoms with Crippen LogP contribution in [0.3, 0.4) is 0 Å². The summed E-state index contributed by atoms with van der Waals surface area (Å²) in [6.07, 6.45) is 3.38. The summed E-state index contributed by atoms with van der Waals surface area (Å²) in [5.74, 6) is 1.27. The molecule has 6 nitrogen and oxygen atoms in total. The van der Waals surface area contributed by atoms with Crippen LogP contribution in [0, 0.1) is 5.92 Å². The van der Waals surface area contributed by atoms with Gasteiger partial charge in [0.25, 0.3) is 0 Å². The molecule has 0 atom stereocenters. The molecule has 0 bridgehead atoms. The SMILES string of the molecule is C=C(O)[C@H]1C[C@@H](OCCOc2cc(-c3nccs3)ccc2-c2cc(=O)c3cccc(Cl)c3o2)C1. The number of para-hydroxylation sites is 1. The maximum Gasteiger partial charge on any atom is 0.193 e. The summed E-state index contributed by atoms with van der Waals surface area (Å²) in [4.78, 5) is 17.1. The third-order valence-corrected chi connectivity index (χ3v) is 7.01. The molecule has 1 aliphatic carbocycles. The number of thiazole rings is 1. The van der Waals surface area contributed by atoms with Crippen LogP contribution in [0.2, 0.25) is 5.02 Å². The van der Waals surface area contributed by atoms with Gasteiger partial charge in [0, 0.05) is 29.1 Å². The molecule has 0 radical (unpaired) electrons. The van der Waals surface area contributed by atoms with Gasteiger partial charge in [0.2, 0.25) is 0 Å². The van der Waals surface area contributed by atoms with Gasteiger partial charge in [0.05, 0.1) is 34.4 Å². The Morgan fingerprint density at radius 1 is 1.24 bits per heavy atom. The van der Waals surface area contributed by atoms with Crippen molar-refractivity contribution in [3.63, 3.8) is 0 Å². The molecule has 2 heterocycles. The van der Waals surface area contributed by atoms with Crippen LogP contribution in [0.25, 0.3) is 32.9 Å². The molecule has 34 heavy (non-hydrogen) atoms. The first-order valence-corrected chi connectivity index (χ1v) is 12.1. The molecule has 2 aromatic heterocycles. The average molecular weight is 496 g/mol. The van der Waals surface area contributed by atoms with Gasteiger partial charge in [-0.15, -0.1) is 11.3 Å². The highest BCUT2D eigenvalue weighted by atomic mass is 35.5. The zero-order valence-corrected chi connectivity index (χ0v) is 19.8. The van der Waals surface area contributed by atoms with E-state index >= 15 is 0 Å². The van der Waals surface area contributed by atoms with Crippen LogP contribution in [0.15, 0.2) is 75.6 Å². The van der Waals surface area contributed by atoms with Gasteiger partial charge in [-0.05, 0) is 37.1 Å². The lowest BCUT2D eigenvalue weighted by atomic mass is 9.81. The zero-order chi connectivity index (χ0) is 23.7. The second kappa shape index (κ2) is 9.62. The Morgan fingerprint density at radius 2 is 2.09 bits per heavy atom. The lowest BCUT2D eigenvalue weighted by Crippen LogP contribution is -2.33. The van der Waals surface area contributed by atoms with Crippen molar-refractivity contribution >= 4 is 33.9 Å². The maximum absolute atomic E-state index is 12.7. The van der Waals surface area contributed by atoms with Crippen molar-refractivity contribution in [2.75, 3.05) is 13.2 Å². The number of ether oxygens (including phenoxy) is 2. The topological polar surface area (TPSA) is 81.8 Å². The second-order valence-electron chi connectivity index (χ2n) is 8.14. The summed E-state index contributed by atoms with van der Waals surface area (Å²) in [5, 5.41) is 13.0. The number of aliphatic hydroxyl groups excluding tert-OH is 1. The van der Waals surface area contributed by atoms with E-state index < -0.39 is 0 Å². The largest absolute Gasteiger partial charge is 0.513 e. The van der Waals surface area contributed by atoms with Crippen LogP contribution in [0.1, 0.15) is 12.8 Å². The number of nitrogens with zero attached hydrogens (tertiary/aromatic N) is 1. The van der Waals surface area contributed by atoms with Crippen molar-refractivity contribution in [3.05, 3.63) is 81.6 Å². The Kier molecular flexibility index (Phi) is 6.41. The van der Waals surface area contributed by atoms with Gasteiger partial charge < -0.3 is 19.0 Å². The van der Waals surface area contributed by atoms with Gasteiger partial charge >= 0.3 is 0 Å². The lowest BCUT2D eigenvalue weighted by Gasteiger charge is -2.34. The van der Waals surface area contributed by atoms with E-state index in [1.54, 1.807) is 24.4 Å². The van der Waals surface area contributed by atoms with Gasteiger partial charge in [0.1, 0.15) is 23.1 Å². The van der Waals surface area contributed by atoms with Crippen molar-refractivity contribution in [1.29, 1.82) is 0 Å². The maximum atomic E-state index is 12.7. The van der Waals surface area contributed by atoms with Crippen molar-refractivity contribution in [2.24, 2.45) is 5.92 Å². The predicted octanol–water partition coefficient (Wildman–Crippen LogP) is 6.48. The molecule has 5 rings (SSSR count). The van der Waals surface area contributed by atoms with Crippen molar-refractivity contribution in [1.82, 2.24) is 4.98 Å². The highest BCUT2D eigenvalue weighted by Gasteiger charge is 2.31. The molecule has 1 N–H and O–H groups in total. The van der Waals surface area contributed by atoms with E-state index in [2.05, 4.69) is 11.6 Å². The summed E-state index contributed by atoms with van der Waals surface area (Å²) >= 11 is 7.82. The van der Waals surface area contributed by atoms with E-state index in [-0.39, 0.29) is 23.2 Å². The molecule has 0 spiro atoms. The third-order valence-electron chi connectivity index (χ3n) is 5.89. The molecule has 1 aliphatic rings. The molecule has 174 valence electrons. The number of hydrogen-bond donors (Lipinski definition) is 1. The number of benzene rings is 2. The van der Waals surface area contributed by atoms with Gasteiger partial charge in [-0.3, -0.25) is 4.79 Å². The lowest BCUT2D eigenvalue weighted by molar-refractivity contribution is -0.0388. The number of aliphatic hydroxyl groups is 1. The third kappa shape index (κ3) is 4.59. The summed E-state index contributed by atoms with van der Waals surface area (Å²) in [5.41, 5.74) is 1.70. The molecule has 4 aromatic rings. The van der Waals surface area contributed by atoms with E-state index in [0.29, 0.717) is 46.3 Å². The summed E-state index contributed by atoms with van der Waals surface area (Å²) in [7, 11) is 0. The first-order chi connectivity index (χ1) is 16.5. The number of rotatable bonds is 8. The minimum atomic E-state index is -0.179. The molecule has 0 saturated heterocycles. The number of halogens is 1. The standard InChI is InChI=1S/C26H22ClNO5S/c1-15(29)17-11-18(12-17)31-8-9-32-23-13-16(26-28-7-10-34-26)5-6-20(23)24-14-22(30)19-3-2-4-21(27)25(19)33-24/h2-7,10,13-14,17-18,29H,1,8-9,11-12H2/t17-,18+. The molecule has 1 fully saturated rings. The molecule has 1 saturated carbocycles. The first kappa shape index (κ1) is 22.7. The number of fused-ring (bicyclic) bond motifs is 1. The van der Waals surface area contributed by atoms with Crippen LogP contribution < -0.4 is 10.2 Å². The Balaban J connectivity index is 1.41. The summed E-state index contributed by atoms with van der Waals surface area (Å²) < 4.78 is 18.0. The van der Waals surface area contributed by atoms with Crippen LogP contribution in [0.4, 0.5) is 0 Å². The van der Waals surface area contributed by atoms with E-state index in [4.69, 9.17) is 25.5 Å². The van der Waals surface area contributed by atoms with Gasteiger partial charge in [-0.1, -0.05) is 30.3 Å². The highest BCUT2D eigenvalue weighted by Crippen LogP contribution is 2.37. The van der Waals surface area contributed by atoms with Crippen LogP contribution in [0.5, 0.6) is 5.75 Å². The first-order valence-electron chi connectivity index (χ1n) is 10.9. The highest BCUT2D eigenvalue weighted by molar-refractivity contribution is 7.13. The fourth-order valence-corrected chi connectivity index (χ4v) is 4.81. The van der Waals surface area contributed by atoms with Gasteiger partial charge in [-0.2, -0.15) is 0 Å². The summed E-state index contributed by atoms with van der Waals surface area (Å²) in [6, 6.07) is 12.2. The van der Waals surface area contributed by atoms with E-state index in [1.807, 2.05) is 23.6 Å². The number of hydrogen-bond acceptors (Lipinski definition) is 7. The van der Waals surface area contributed by atoms with Gasteiger partial charge in [0.15, 0.2) is 11.0 Å². The van der Waals surface area contributed by atoms with E-state index in [0.717, 1.165) is 23.4 Å². The normalized spacial score (nSPS) is 17.4. The predicted molar refractivity (Wildman–Crippen MR) is 134 cm³/mol. The zero-order valence-electron chi connectivity index (χ0n) is 18.2. The Bertz CT molecular complexity index is 1390. The fourth-order valence-electron chi connectivity index (χ4n) is 3.96. The van der Waals surface area contributed by atoms with Crippen molar-refractivity contribution in [2.45, 2.75) is 18.9 Å². The minimum absolute atomic E-state index is 0.0966. The smallest absolute Gasteiger partial charge is 0.193 e. The quantitative estimate of drug-likeness (QED) is 0.222. The van der Waals surface area contributed by atoms with E-state index in [1.165, 1.54) is 17.4 Å². The monoisotopic (exact) mass is 495 g/mol. The summed E-state index contributed by atoms with van der Waals surface area (Å²) in [6.45, 7) is 4.28. The number of allylic oxidation sites excluding steroid dienone is 1. The number of aromatic nitrogens is 1. The molecular formula is C26H22ClNO5S. The Morgan fingerprint density at radius 3 is 2.85 bits per heavy atom. The van der Waals surface area contributed by atoms with Crippen LogP contribution >= 0.6 is 22.9 Å². The van der Waals surface area contributed by atoms with Crippen molar-refractivity contribution in [3.8, 4) is 27.6 Å².